The SMILES string of the molecule is Cc1nn(C)c(C)c1-c1c(-c2ccccc2)ncn1C(C)CCc1ccco1. The Kier molecular flexibility index (Phi) is 4.90. The lowest BCUT2D eigenvalue weighted by Crippen LogP contribution is -2.08. The molecule has 1 aromatic carbocycles. The summed E-state index contributed by atoms with van der Waals surface area (Å²) >= 11 is 0. The van der Waals surface area contributed by atoms with Crippen LogP contribution in [0.3, 0.4) is 0 Å². The van der Waals surface area contributed by atoms with Gasteiger partial charge in [-0.25, -0.2) is 4.98 Å². The fourth-order valence-electron chi connectivity index (χ4n) is 3.81. The van der Waals surface area contributed by atoms with Crippen molar-refractivity contribution in [1.82, 2.24) is 19.3 Å². The van der Waals surface area contributed by atoms with Crippen molar-refractivity contribution in [2.24, 2.45) is 7.05 Å². The van der Waals surface area contributed by atoms with Gasteiger partial charge in [-0.3, -0.25) is 4.68 Å². The molecule has 3 heterocycles. The Morgan fingerprint density at radius 2 is 1.86 bits per heavy atom. The minimum Gasteiger partial charge on any atom is -0.469 e. The molecular formula is C23H26N4O. The van der Waals surface area contributed by atoms with Gasteiger partial charge in [0.1, 0.15) is 5.76 Å². The van der Waals surface area contributed by atoms with Gasteiger partial charge < -0.3 is 8.98 Å². The van der Waals surface area contributed by atoms with E-state index in [0.717, 1.165) is 46.9 Å². The van der Waals surface area contributed by atoms with Crippen LogP contribution in [0.25, 0.3) is 22.5 Å². The molecule has 0 spiro atoms. The zero-order valence-electron chi connectivity index (χ0n) is 16.9. The summed E-state index contributed by atoms with van der Waals surface area (Å²) in [5.41, 5.74) is 6.61. The van der Waals surface area contributed by atoms with Gasteiger partial charge in [0, 0.05) is 36.3 Å². The van der Waals surface area contributed by atoms with Crippen molar-refractivity contribution in [3.05, 3.63) is 72.2 Å². The van der Waals surface area contributed by atoms with E-state index < -0.39 is 0 Å². The molecule has 1 unspecified atom stereocenters. The van der Waals surface area contributed by atoms with Crippen molar-refractivity contribution in [3.8, 4) is 22.5 Å². The van der Waals surface area contributed by atoms with Gasteiger partial charge in [0.15, 0.2) is 0 Å². The molecule has 0 aliphatic heterocycles. The molecule has 4 aromatic rings. The molecule has 1 atom stereocenters. The minimum absolute atomic E-state index is 0.282. The number of imidazole rings is 1. The molecule has 0 aliphatic rings. The predicted octanol–water partition coefficient (Wildman–Crippen LogP) is 5.35. The van der Waals surface area contributed by atoms with Gasteiger partial charge in [0.05, 0.1) is 29.7 Å². The van der Waals surface area contributed by atoms with E-state index in [2.05, 4.69) is 54.7 Å². The molecular weight excluding hydrogens is 348 g/mol. The Balaban J connectivity index is 1.79. The van der Waals surface area contributed by atoms with Gasteiger partial charge in [0.2, 0.25) is 0 Å². The summed E-state index contributed by atoms with van der Waals surface area (Å²) in [6.45, 7) is 6.43. The van der Waals surface area contributed by atoms with Crippen molar-refractivity contribution in [3.63, 3.8) is 0 Å². The van der Waals surface area contributed by atoms with E-state index in [4.69, 9.17) is 9.40 Å². The molecule has 144 valence electrons. The summed E-state index contributed by atoms with van der Waals surface area (Å²) in [5, 5.41) is 4.65. The van der Waals surface area contributed by atoms with Gasteiger partial charge in [-0.15, -0.1) is 0 Å². The molecule has 0 saturated heterocycles. The Morgan fingerprint density at radius 1 is 1.07 bits per heavy atom. The van der Waals surface area contributed by atoms with Crippen LogP contribution in [0.5, 0.6) is 0 Å². The van der Waals surface area contributed by atoms with Crippen molar-refractivity contribution >= 4 is 0 Å². The minimum atomic E-state index is 0.282. The third kappa shape index (κ3) is 3.28. The summed E-state index contributed by atoms with van der Waals surface area (Å²) in [5.74, 6) is 1.02. The highest BCUT2D eigenvalue weighted by Crippen LogP contribution is 2.37. The quantitative estimate of drug-likeness (QED) is 0.457. The number of nitrogens with zero attached hydrogens (tertiary/aromatic N) is 4. The van der Waals surface area contributed by atoms with Crippen LogP contribution in [-0.2, 0) is 13.5 Å². The number of furan rings is 1. The van der Waals surface area contributed by atoms with Crippen molar-refractivity contribution in [1.29, 1.82) is 0 Å². The molecule has 0 aliphatic carbocycles. The summed E-state index contributed by atoms with van der Waals surface area (Å²) in [7, 11) is 2.00. The molecule has 3 aromatic heterocycles. The highest BCUT2D eigenvalue weighted by molar-refractivity contribution is 5.81. The second kappa shape index (κ2) is 7.50. The van der Waals surface area contributed by atoms with Crippen LogP contribution in [0, 0.1) is 13.8 Å². The first-order chi connectivity index (χ1) is 13.6. The van der Waals surface area contributed by atoms with Gasteiger partial charge in [-0.2, -0.15) is 5.10 Å². The molecule has 0 saturated carbocycles. The highest BCUT2D eigenvalue weighted by Gasteiger charge is 2.23. The maximum Gasteiger partial charge on any atom is 0.103 e. The molecule has 4 rings (SSSR count). The molecule has 5 nitrogen and oxygen atoms in total. The van der Waals surface area contributed by atoms with Crippen molar-refractivity contribution < 1.29 is 4.42 Å². The average Bonchev–Trinajstić information content (AvgIpc) is 3.41. The van der Waals surface area contributed by atoms with Gasteiger partial charge in [-0.1, -0.05) is 30.3 Å². The van der Waals surface area contributed by atoms with E-state index in [1.807, 2.05) is 36.3 Å². The van der Waals surface area contributed by atoms with Gasteiger partial charge >= 0.3 is 0 Å². The third-order valence-electron chi connectivity index (χ3n) is 5.45. The predicted molar refractivity (Wildman–Crippen MR) is 111 cm³/mol. The molecule has 0 bridgehead atoms. The third-order valence-corrected chi connectivity index (χ3v) is 5.45. The van der Waals surface area contributed by atoms with E-state index in [-0.39, 0.29) is 6.04 Å². The fourth-order valence-corrected chi connectivity index (χ4v) is 3.81. The van der Waals surface area contributed by atoms with Crippen LogP contribution in [0.4, 0.5) is 0 Å². The van der Waals surface area contributed by atoms with E-state index >= 15 is 0 Å². The van der Waals surface area contributed by atoms with Crippen LogP contribution < -0.4 is 0 Å². The monoisotopic (exact) mass is 374 g/mol. The number of rotatable bonds is 6. The van der Waals surface area contributed by atoms with Crippen LogP contribution in [0.15, 0.2) is 59.5 Å². The van der Waals surface area contributed by atoms with E-state index in [9.17, 15) is 0 Å². The second-order valence-electron chi connectivity index (χ2n) is 7.35. The number of hydrogen-bond donors (Lipinski definition) is 0. The van der Waals surface area contributed by atoms with Crippen molar-refractivity contribution in [2.75, 3.05) is 0 Å². The normalized spacial score (nSPS) is 12.4. The van der Waals surface area contributed by atoms with Crippen molar-refractivity contribution in [2.45, 2.75) is 39.7 Å². The topological polar surface area (TPSA) is 48.8 Å². The number of aromatic nitrogens is 4. The highest BCUT2D eigenvalue weighted by atomic mass is 16.3. The smallest absolute Gasteiger partial charge is 0.103 e. The second-order valence-corrected chi connectivity index (χ2v) is 7.35. The van der Waals surface area contributed by atoms with Gasteiger partial charge in [0.25, 0.3) is 0 Å². The van der Waals surface area contributed by atoms with Gasteiger partial charge in [-0.05, 0) is 39.3 Å². The summed E-state index contributed by atoms with van der Waals surface area (Å²) in [6, 6.07) is 14.6. The Labute approximate surface area is 165 Å². The standard InChI is InChI=1S/C23H26N4O/c1-16(12-13-20-11-8-14-28-20)27-15-24-22(19-9-6-5-7-10-19)23(27)21-17(2)25-26(4)18(21)3/h5-11,14-16H,12-13H2,1-4H3. The first-order valence-corrected chi connectivity index (χ1v) is 9.71. The fraction of sp³-hybridized carbons (Fsp3) is 0.304. The molecule has 0 amide bonds. The zero-order valence-corrected chi connectivity index (χ0v) is 16.9. The van der Waals surface area contributed by atoms with E-state index in [1.54, 1.807) is 6.26 Å². The van der Waals surface area contributed by atoms with Crippen LogP contribution >= 0.6 is 0 Å². The number of benzene rings is 1. The first-order valence-electron chi connectivity index (χ1n) is 9.71. The molecule has 0 radical (unpaired) electrons. The Hall–Kier alpha value is -3.08. The molecule has 0 fully saturated rings. The molecule has 28 heavy (non-hydrogen) atoms. The van der Waals surface area contributed by atoms with Crippen LogP contribution in [-0.4, -0.2) is 19.3 Å². The lowest BCUT2D eigenvalue weighted by atomic mass is 10.0. The zero-order chi connectivity index (χ0) is 19.7. The Morgan fingerprint density at radius 3 is 2.50 bits per heavy atom. The molecule has 0 N–H and O–H groups in total. The first kappa shape index (κ1) is 18.3. The summed E-state index contributed by atoms with van der Waals surface area (Å²) in [4.78, 5) is 4.82. The maximum atomic E-state index is 5.51. The Bertz CT molecular complexity index is 1060. The average molecular weight is 374 g/mol. The number of hydrogen-bond acceptors (Lipinski definition) is 3. The lowest BCUT2D eigenvalue weighted by Gasteiger charge is -2.18. The summed E-state index contributed by atoms with van der Waals surface area (Å²) in [6.07, 6.45) is 5.58. The number of aryl methyl sites for hydroxylation is 3. The summed E-state index contributed by atoms with van der Waals surface area (Å²) < 4.78 is 9.76. The largest absolute Gasteiger partial charge is 0.469 e. The van der Waals surface area contributed by atoms with Crippen LogP contribution in [0.1, 0.15) is 36.5 Å². The van der Waals surface area contributed by atoms with Crippen LogP contribution in [0.2, 0.25) is 0 Å². The lowest BCUT2D eigenvalue weighted by molar-refractivity contribution is 0.454. The van der Waals surface area contributed by atoms with E-state index in [0.29, 0.717) is 0 Å². The maximum absolute atomic E-state index is 5.51. The van der Waals surface area contributed by atoms with E-state index in [1.165, 1.54) is 5.56 Å². The molecule has 5 heteroatoms.